The minimum atomic E-state index is -0.527. The first-order chi connectivity index (χ1) is 14.6. The van der Waals surface area contributed by atoms with Crippen molar-refractivity contribution in [3.05, 3.63) is 60.0 Å². The van der Waals surface area contributed by atoms with Crippen molar-refractivity contribution >= 4 is 11.9 Å². The van der Waals surface area contributed by atoms with E-state index in [1.54, 1.807) is 28.8 Å². The number of methoxy groups -OCH3 is 1. The first kappa shape index (κ1) is 19.6. The number of nitrogens with zero attached hydrogens (tertiary/aromatic N) is 1. The zero-order valence-corrected chi connectivity index (χ0v) is 16.7. The number of benzene rings is 1. The highest BCUT2D eigenvalue weighted by molar-refractivity contribution is 5.90. The Morgan fingerprint density at radius 2 is 1.93 bits per heavy atom. The Kier molecular flexibility index (Phi) is 5.47. The lowest BCUT2D eigenvalue weighted by atomic mass is 10.1. The average Bonchev–Trinajstić information content (AvgIpc) is 3.42. The molecule has 8 nitrogen and oxygen atoms in total. The number of nitrogens with one attached hydrogen (secondary N) is 1. The van der Waals surface area contributed by atoms with Gasteiger partial charge in [-0.3, -0.25) is 4.79 Å². The van der Waals surface area contributed by atoms with Gasteiger partial charge in [-0.15, -0.1) is 0 Å². The number of fused-ring (bicyclic) bond motifs is 1. The predicted octanol–water partition coefficient (Wildman–Crippen LogP) is 3.18. The van der Waals surface area contributed by atoms with Crippen molar-refractivity contribution in [1.29, 1.82) is 0 Å². The lowest BCUT2D eigenvalue weighted by molar-refractivity contribution is -0.122. The zero-order chi connectivity index (χ0) is 21.1. The fraction of sp³-hybridized carbons (Fsp3) is 0.273. The highest BCUT2D eigenvalue weighted by atomic mass is 16.6. The Balaban J connectivity index is 1.52. The number of hydrogen-bond donors (Lipinski definition) is 1. The molecule has 1 amide bonds. The van der Waals surface area contributed by atoms with E-state index in [0.29, 0.717) is 36.2 Å². The van der Waals surface area contributed by atoms with Crippen LogP contribution in [0.1, 0.15) is 29.0 Å². The van der Waals surface area contributed by atoms with Crippen molar-refractivity contribution in [2.45, 2.75) is 19.5 Å². The van der Waals surface area contributed by atoms with E-state index in [0.717, 1.165) is 5.56 Å². The van der Waals surface area contributed by atoms with Gasteiger partial charge in [0.15, 0.2) is 11.5 Å². The Hall–Kier alpha value is -3.68. The minimum Gasteiger partial charge on any atom is -0.486 e. The molecule has 2 aromatic heterocycles. The summed E-state index contributed by atoms with van der Waals surface area (Å²) >= 11 is 0. The van der Waals surface area contributed by atoms with Gasteiger partial charge >= 0.3 is 5.97 Å². The maximum Gasteiger partial charge on any atom is 0.354 e. The van der Waals surface area contributed by atoms with Crippen LogP contribution in [-0.2, 0) is 16.1 Å². The third-order valence-electron chi connectivity index (χ3n) is 4.89. The average molecular weight is 410 g/mol. The number of furan rings is 1. The van der Waals surface area contributed by atoms with Gasteiger partial charge in [0.2, 0.25) is 5.91 Å². The molecule has 1 aliphatic heterocycles. The maximum atomic E-state index is 12.8. The SMILES string of the molecule is COC(=O)c1ccc(-c2ccco2)n1CC(=O)NC(C)c1ccc2c(c1)OCCO2. The number of aromatic nitrogens is 1. The summed E-state index contributed by atoms with van der Waals surface area (Å²) < 4.78 is 23.0. The van der Waals surface area contributed by atoms with Gasteiger partial charge in [0.1, 0.15) is 31.2 Å². The topological polar surface area (TPSA) is 91.9 Å². The zero-order valence-electron chi connectivity index (χ0n) is 16.7. The largest absolute Gasteiger partial charge is 0.486 e. The summed E-state index contributed by atoms with van der Waals surface area (Å²) in [6.07, 6.45) is 1.54. The Morgan fingerprint density at radius 3 is 2.67 bits per heavy atom. The number of carbonyl (C=O) groups is 2. The van der Waals surface area contributed by atoms with E-state index in [9.17, 15) is 9.59 Å². The van der Waals surface area contributed by atoms with Crippen molar-refractivity contribution in [2.75, 3.05) is 20.3 Å². The highest BCUT2D eigenvalue weighted by Gasteiger charge is 2.21. The first-order valence-corrected chi connectivity index (χ1v) is 9.57. The molecule has 3 heterocycles. The summed E-state index contributed by atoms with van der Waals surface area (Å²) in [6, 6.07) is 12.2. The number of rotatable bonds is 6. The van der Waals surface area contributed by atoms with Crippen molar-refractivity contribution in [1.82, 2.24) is 9.88 Å². The molecule has 156 valence electrons. The second-order valence-corrected chi connectivity index (χ2v) is 6.85. The second kappa shape index (κ2) is 8.36. The van der Waals surface area contributed by atoms with Crippen molar-refractivity contribution in [3.8, 4) is 23.0 Å². The summed E-state index contributed by atoms with van der Waals surface area (Å²) in [4.78, 5) is 24.9. The molecule has 0 aliphatic carbocycles. The van der Waals surface area contributed by atoms with E-state index in [1.165, 1.54) is 13.4 Å². The van der Waals surface area contributed by atoms with Gasteiger partial charge in [0.25, 0.3) is 0 Å². The number of hydrogen-bond acceptors (Lipinski definition) is 6. The van der Waals surface area contributed by atoms with E-state index in [4.69, 9.17) is 18.6 Å². The van der Waals surface area contributed by atoms with Crippen LogP contribution in [0.15, 0.2) is 53.1 Å². The Morgan fingerprint density at radius 1 is 1.13 bits per heavy atom. The van der Waals surface area contributed by atoms with Crippen LogP contribution in [0.4, 0.5) is 0 Å². The molecule has 1 atom stereocenters. The molecule has 0 bridgehead atoms. The van der Waals surface area contributed by atoms with Crippen LogP contribution in [0, 0.1) is 0 Å². The molecule has 0 saturated carbocycles. The van der Waals surface area contributed by atoms with Gasteiger partial charge in [-0.25, -0.2) is 4.79 Å². The molecule has 0 spiro atoms. The molecule has 3 aromatic rings. The third kappa shape index (κ3) is 3.89. The van der Waals surface area contributed by atoms with Gasteiger partial charge in [-0.2, -0.15) is 0 Å². The fourth-order valence-corrected chi connectivity index (χ4v) is 3.40. The van der Waals surface area contributed by atoms with Crippen molar-refractivity contribution in [3.63, 3.8) is 0 Å². The van der Waals surface area contributed by atoms with Crippen LogP contribution in [-0.4, -0.2) is 36.8 Å². The normalized spacial score (nSPS) is 13.5. The van der Waals surface area contributed by atoms with Crippen LogP contribution in [0.5, 0.6) is 11.5 Å². The van der Waals surface area contributed by atoms with Gasteiger partial charge in [-0.1, -0.05) is 6.07 Å². The molecule has 4 rings (SSSR count). The molecule has 30 heavy (non-hydrogen) atoms. The first-order valence-electron chi connectivity index (χ1n) is 9.57. The van der Waals surface area contributed by atoms with Gasteiger partial charge in [0, 0.05) is 0 Å². The summed E-state index contributed by atoms with van der Waals surface area (Å²) in [7, 11) is 1.30. The van der Waals surface area contributed by atoms with E-state index in [-0.39, 0.29) is 24.2 Å². The van der Waals surface area contributed by atoms with E-state index in [2.05, 4.69) is 5.32 Å². The van der Waals surface area contributed by atoms with Crippen LogP contribution in [0.25, 0.3) is 11.5 Å². The standard InChI is InChI=1S/C22H22N2O6/c1-14(15-5-8-19-20(12-15)30-11-10-29-19)23-21(25)13-24-16(18-4-3-9-28-18)6-7-17(24)22(26)27-2/h3-9,12,14H,10-11,13H2,1-2H3,(H,23,25). The maximum absolute atomic E-state index is 12.8. The van der Waals surface area contributed by atoms with E-state index >= 15 is 0 Å². The summed E-state index contributed by atoms with van der Waals surface area (Å²) in [6.45, 7) is 2.84. The fourth-order valence-electron chi connectivity index (χ4n) is 3.40. The quantitative estimate of drug-likeness (QED) is 0.628. The Labute approximate surface area is 173 Å². The molecular weight excluding hydrogens is 388 g/mol. The van der Waals surface area contributed by atoms with E-state index in [1.807, 2.05) is 25.1 Å². The Bertz CT molecular complexity index is 1050. The van der Waals surface area contributed by atoms with Gasteiger partial charge in [0.05, 0.1) is 25.1 Å². The van der Waals surface area contributed by atoms with Crippen LogP contribution in [0.3, 0.4) is 0 Å². The third-order valence-corrected chi connectivity index (χ3v) is 4.89. The summed E-state index contributed by atoms with van der Waals surface area (Å²) in [5.41, 5.74) is 1.77. The molecule has 1 aliphatic rings. The second-order valence-electron chi connectivity index (χ2n) is 6.85. The van der Waals surface area contributed by atoms with Crippen molar-refractivity contribution < 1.29 is 28.2 Å². The number of amides is 1. The molecule has 0 saturated heterocycles. The number of carbonyl (C=O) groups excluding carboxylic acids is 2. The lowest BCUT2D eigenvalue weighted by Crippen LogP contribution is -2.31. The summed E-state index contributed by atoms with van der Waals surface area (Å²) in [5, 5.41) is 2.96. The number of ether oxygens (including phenoxy) is 3. The van der Waals surface area contributed by atoms with Gasteiger partial charge < -0.3 is 28.5 Å². The monoisotopic (exact) mass is 410 g/mol. The molecule has 0 radical (unpaired) electrons. The summed E-state index contributed by atoms with van der Waals surface area (Å²) in [5.74, 6) is 1.13. The predicted molar refractivity (Wildman–Crippen MR) is 107 cm³/mol. The molecule has 8 heteroatoms. The molecule has 0 fully saturated rings. The molecular formula is C22H22N2O6. The molecule has 1 N–H and O–H groups in total. The molecule has 1 unspecified atom stereocenters. The van der Waals surface area contributed by atoms with E-state index < -0.39 is 5.97 Å². The highest BCUT2D eigenvalue weighted by Crippen LogP contribution is 2.32. The van der Waals surface area contributed by atoms with Crippen LogP contribution >= 0.6 is 0 Å². The number of esters is 1. The van der Waals surface area contributed by atoms with Crippen molar-refractivity contribution in [2.24, 2.45) is 0 Å². The van der Waals surface area contributed by atoms with Crippen LogP contribution < -0.4 is 14.8 Å². The van der Waals surface area contributed by atoms with Crippen LogP contribution in [0.2, 0.25) is 0 Å². The molecule has 1 aromatic carbocycles. The minimum absolute atomic E-state index is 0.0671. The van der Waals surface area contributed by atoms with Gasteiger partial charge in [-0.05, 0) is 48.9 Å². The lowest BCUT2D eigenvalue weighted by Gasteiger charge is -2.21. The smallest absolute Gasteiger partial charge is 0.354 e.